The number of nitrogens with zero attached hydrogens (tertiary/aromatic N) is 2. The molecular formula is C18H25N3O. The third kappa shape index (κ3) is 3.97. The summed E-state index contributed by atoms with van der Waals surface area (Å²) in [6.07, 6.45) is 0. The van der Waals surface area contributed by atoms with Gasteiger partial charge in [0.2, 0.25) is 0 Å². The molecule has 0 spiro atoms. The molecule has 0 aliphatic carbocycles. The minimum Gasteiger partial charge on any atom is -0.350 e. The van der Waals surface area contributed by atoms with Gasteiger partial charge in [-0.25, -0.2) is 0 Å². The van der Waals surface area contributed by atoms with Gasteiger partial charge in [0.1, 0.15) is 0 Å². The van der Waals surface area contributed by atoms with Crippen molar-refractivity contribution in [1.29, 1.82) is 0 Å². The zero-order valence-electron chi connectivity index (χ0n) is 14.1. The lowest BCUT2D eigenvalue weighted by Gasteiger charge is -2.19. The lowest BCUT2D eigenvalue weighted by Crippen LogP contribution is -2.27. The van der Waals surface area contributed by atoms with Crippen LogP contribution in [0.15, 0.2) is 30.3 Å². The Kier molecular flexibility index (Phi) is 4.69. The van der Waals surface area contributed by atoms with Gasteiger partial charge in [0.05, 0.1) is 12.2 Å². The minimum atomic E-state index is -0.0398. The fraction of sp³-hybridized carbons (Fsp3) is 0.444. The number of aryl methyl sites for hydroxylation is 2. The smallest absolute Gasteiger partial charge is 0.251 e. The highest BCUT2D eigenvalue weighted by atomic mass is 16.1. The van der Waals surface area contributed by atoms with Crippen LogP contribution in [0.4, 0.5) is 0 Å². The average Bonchev–Trinajstić information content (AvgIpc) is 2.76. The number of aromatic nitrogens is 2. The summed E-state index contributed by atoms with van der Waals surface area (Å²) in [4.78, 5) is 12.1. The van der Waals surface area contributed by atoms with Crippen molar-refractivity contribution in [3.63, 3.8) is 0 Å². The molecule has 0 unspecified atom stereocenters. The van der Waals surface area contributed by atoms with Crippen LogP contribution in [0.1, 0.15) is 48.1 Å². The average molecular weight is 299 g/mol. The number of carbonyl (C=O) groups is 1. The molecule has 4 heteroatoms. The van der Waals surface area contributed by atoms with Crippen LogP contribution < -0.4 is 5.32 Å². The summed E-state index contributed by atoms with van der Waals surface area (Å²) in [5.74, 6) is -0.0398. The lowest BCUT2D eigenvalue weighted by molar-refractivity contribution is 0.0952. The van der Waals surface area contributed by atoms with Gasteiger partial charge in [-0.2, -0.15) is 5.10 Å². The van der Waals surface area contributed by atoms with Gasteiger partial charge in [-0.15, -0.1) is 0 Å². The maximum absolute atomic E-state index is 12.1. The van der Waals surface area contributed by atoms with E-state index in [0.29, 0.717) is 18.7 Å². The molecule has 0 fully saturated rings. The minimum absolute atomic E-state index is 0.0398. The number of carbonyl (C=O) groups excluding carboxylic acids is 1. The molecule has 1 amide bonds. The van der Waals surface area contributed by atoms with Gasteiger partial charge in [-0.3, -0.25) is 9.48 Å². The maximum atomic E-state index is 12.1. The SMILES string of the molecule is Cc1cc(C)n(CCNC(=O)c2ccc(C(C)(C)C)cc2)n1. The van der Waals surface area contributed by atoms with Crippen molar-refractivity contribution >= 4 is 5.91 Å². The molecule has 1 heterocycles. The molecule has 118 valence electrons. The van der Waals surface area contributed by atoms with Gasteiger partial charge >= 0.3 is 0 Å². The van der Waals surface area contributed by atoms with Crippen LogP contribution in [0, 0.1) is 13.8 Å². The zero-order valence-corrected chi connectivity index (χ0v) is 14.1. The fourth-order valence-electron chi connectivity index (χ4n) is 2.40. The molecule has 0 saturated heterocycles. The topological polar surface area (TPSA) is 46.9 Å². The van der Waals surface area contributed by atoms with Crippen molar-refractivity contribution in [3.8, 4) is 0 Å². The lowest BCUT2D eigenvalue weighted by atomic mass is 9.87. The predicted octanol–water partition coefficient (Wildman–Crippen LogP) is 3.23. The molecule has 2 aromatic rings. The molecule has 2 rings (SSSR count). The molecule has 0 atom stereocenters. The van der Waals surface area contributed by atoms with Crippen LogP contribution in [-0.2, 0) is 12.0 Å². The highest BCUT2D eigenvalue weighted by Crippen LogP contribution is 2.22. The first-order valence-corrected chi connectivity index (χ1v) is 7.67. The first-order chi connectivity index (χ1) is 10.3. The van der Waals surface area contributed by atoms with Crippen molar-refractivity contribution in [2.24, 2.45) is 0 Å². The van der Waals surface area contributed by atoms with E-state index in [2.05, 4.69) is 31.2 Å². The largest absolute Gasteiger partial charge is 0.350 e. The van der Waals surface area contributed by atoms with E-state index in [1.54, 1.807) is 0 Å². The predicted molar refractivity (Wildman–Crippen MR) is 89.2 cm³/mol. The summed E-state index contributed by atoms with van der Waals surface area (Å²) >= 11 is 0. The first kappa shape index (κ1) is 16.3. The molecule has 0 radical (unpaired) electrons. The summed E-state index contributed by atoms with van der Waals surface area (Å²) in [6.45, 7) is 11.7. The van der Waals surface area contributed by atoms with Crippen LogP contribution in [0.2, 0.25) is 0 Å². The Morgan fingerprint density at radius 1 is 1.18 bits per heavy atom. The van der Waals surface area contributed by atoms with Gasteiger partial charge in [0.15, 0.2) is 0 Å². The summed E-state index contributed by atoms with van der Waals surface area (Å²) < 4.78 is 1.91. The Balaban J connectivity index is 1.91. The molecule has 4 nitrogen and oxygen atoms in total. The highest BCUT2D eigenvalue weighted by molar-refractivity contribution is 5.94. The number of hydrogen-bond donors (Lipinski definition) is 1. The Bertz CT molecular complexity index is 648. The monoisotopic (exact) mass is 299 g/mol. The third-order valence-electron chi connectivity index (χ3n) is 3.73. The summed E-state index contributed by atoms with van der Waals surface area (Å²) in [7, 11) is 0. The van der Waals surface area contributed by atoms with Crippen molar-refractivity contribution in [2.75, 3.05) is 6.54 Å². The van der Waals surface area contributed by atoms with Crippen LogP contribution in [0.25, 0.3) is 0 Å². The van der Waals surface area contributed by atoms with Crippen molar-refractivity contribution in [3.05, 3.63) is 52.8 Å². The van der Waals surface area contributed by atoms with E-state index >= 15 is 0 Å². The standard InChI is InChI=1S/C18H25N3O/c1-13-12-14(2)21(20-13)11-10-19-17(22)15-6-8-16(9-7-15)18(3,4)5/h6-9,12H,10-11H2,1-5H3,(H,19,22). The van der Waals surface area contributed by atoms with Crippen molar-refractivity contribution < 1.29 is 4.79 Å². The quantitative estimate of drug-likeness (QED) is 0.942. The Morgan fingerprint density at radius 2 is 1.82 bits per heavy atom. The summed E-state index contributed by atoms with van der Waals surface area (Å²) in [5, 5.41) is 7.33. The molecule has 22 heavy (non-hydrogen) atoms. The fourth-order valence-corrected chi connectivity index (χ4v) is 2.40. The molecular weight excluding hydrogens is 274 g/mol. The normalized spacial score (nSPS) is 11.5. The second-order valence-electron chi connectivity index (χ2n) is 6.73. The Labute approximate surface area is 132 Å². The Morgan fingerprint density at radius 3 is 2.32 bits per heavy atom. The van der Waals surface area contributed by atoms with E-state index in [0.717, 1.165) is 11.4 Å². The second-order valence-corrected chi connectivity index (χ2v) is 6.73. The van der Waals surface area contributed by atoms with E-state index in [4.69, 9.17) is 0 Å². The zero-order chi connectivity index (χ0) is 16.3. The number of hydrogen-bond acceptors (Lipinski definition) is 2. The van der Waals surface area contributed by atoms with E-state index in [-0.39, 0.29) is 11.3 Å². The maximum Gasteiger partial charge on any atom is 0.251 e. The molecule has 1 N–H and O–H groups in total. The van der Waals surface area contributed by atoms with Gasteiger partial charge in [0, 0.05) is 17.8 Å². The number of amides is 1. The molecule has 1 aromatic carbocycles. The van der Waals surface area contributed by atoms with E-state index in [9.17, 15) is 4.79 Å². The first-order valence-electron chi connectivity index (χ1n) is 7.67. The van der Waals surface area contributed by atoms with Crippen LogP contribution >= 0.6 is 0 Å². The highest BCUT2D eigenvalue weighted by Gasteiger charge is 2.14. The van der Waals surface area contributed by atoms with Gasteiger partial charge < -0.3 is 5.32 Å². The van der Waals surface area contributed by atoms with Gasteiger partial charge in [0.25, 0.3) is 5.91 Å². The van der Waals surface area contributed by atoms with Crippen LogP contribution in [0.5, 0.6) is 0 Å². The molecule has 0 aliphatic heterocycles. The van der Waals surface area contributed by atoms with Gasteiger partial charge in [-0.05, 0) is 43.0 Å². The van der Waals surface area contributed by atoms with E-state index in [1.807, 2.05) is 48.9 Å². The van der Waals surface area contributed by atoms with Crippen molar-refractivity contribution in [2.45, 2.75) is 46.6 Å². The Hall–Kier alpha value is -2.10. The molecule has 1 aromatic heterocycles. The van der Waals surface area contributed by atoms with E-state index in [1.165, 1.54) is 5.56 Å². The number of benzene rings is 1. The van der Waals surface area contributed by atoms with Crippen molar-refractivity contribution in [1.82, 2.24) is 15.1 Å². The molecule has 0 bridgehead atoms. The van der Waals surface area contributed by atoms with E-state index < -0.39 is 0 Å². The molecule has 0 aliphatic rings. The van der Waals surface area contributed by atoms with Crippen LogP contribution in [0.3, 0.4) is 0 Å². The number of rotatable bonds is 4. The summed E-state index contributed by atoms with van der Waals surface area (Å²) in [6, 6.07) is 9.86. The second kappa shape index (κ2) is 6.34. The molecule has 0 saturated carbocycles. The third-order valence-corrected chi connectivity index (χ3v) is 3.73. The van der Waals surface area contributed by atoms with Crippen LogP contribution in [-0.4, -0.2) is 22.2 Å². The van der Waals surface area contributed by atoms with Gasteiger partial charge in [-0.1, -0.05) is 32.9 Å². The number of nitrogens with one attached hydrogen (secondary N) is 1. The summed E-state index contributed by atoms with van der Waals surface area (Å²) in [5.41, 5.74) is 4.14.